The predicted octanol–water partition coefficient (Wildman–Crippen LogP) is 0.494. The van der Waals surface area contributed by atoms with Crippen molar-refractivity contribution in [2.24, 2.45) is 5.92 Å². The first-order valence-corrected chi connectivity index (χ1v) is 7.38. The van der Waals surface area contributed by atoms with Gasteiger partial charge in [-0.25, -0.2) is 4.79 Å². The van der Waals surface area contributed by atoms with E-state index in [1.165, 1.54) is 0 Å². The number of rotatable bonds is 5. The summed E-state index contributed by atoms with van der Waals surface area (Å²) >= 11 is 0. The molecule has 2 N–H and O–H groups in total. The molecule has 0 aliphatic carbocycles. The lowest BCUT2D eigenvalue weighted by atomic mass is 9.96. The number of hydrogen-bond donors (Lipinski definition) is 2. The molecule has 1 fully saturated rings. The fourth-order valence-corrected chi connectivity index (χ4v) is 2.23. The van der Waals surface area contributed by atoms with Crippen LogP contribution < -0.4 is 10.6 Å². The van der Waals surface area contributed by atoms with Crippen LogP contribution in [0.15, 0.2) is 0 Å². The molecule has 1 aliphatic rings. The molecule has 116 valence electrons. The number of urea groups is 1. The second-order valence-electron chi connectivity index (χ2n) is 5.96. The second kappa shape index (κ2) is 8.09. The number of nitrogens with zero attached hydrogens (tertiary/aromatic N) is 2. The summed E-state index contributed by atoms with van der Waals surface area (Å²) in [5, 5.41) is 5.84. The maximum atomic E-state index is 12.0. The quantitative estimate of drug-likeness (QED) is 0.772. The van der Waals surface area contributed by atoms with Crippen molar-refractivity contribution < 1.29 is 9.59 Å². The van der Waals surface area contributed by atoms with Crippen molar-refractivity contribution in [1.29, 1.82) is 0 Å². The van der Waals surface area contributed by atoms with Crippen LogP contribution in [0.25, 0.3) is 0 Å². The monoisotopic (exact) mass is 284 g/mol. The molecule has 1 aliphatic heterocycles. The van der Waals surface area contributed by atoms with E-state index in [1.807, 2.05) is 32.8 Å². The van der Waals surface area contributed by atoms with Gasteiger partial charge in [-0.3, -0.25) is 4.79 Å². The van der Waals surface area contributed by atoms with Gasteiger partial charge in [0.15, 0.2) is 0 Å². The largest absolute Gasteiger partial charge is 0.355 e. The van der Waals surface area contributed by atoms with Crippen LogP contribution in [0.1, 0.15) is 26.7 Å². The van der Waals surface area contributed by atoms with Gasteiger partial charge in [-0.2, -0.15) is 0 Å². The molecule has 0 saturated carbocycles. The highest BCUT2D eigenvalue weighted by atomic mass is 16.2. The molecule has 3 amide bonds. The molecule has 6 heteroatoms. The molecule has 0 aromatic heterocycles. The third-order valence-electron chi connectivity index (χ3n) is 3.42. The lowest BCUT2D eigenvalue weighted by molar-refractivity contribution is -0.126. The normalized spacial score (nSPS) is 16.6. The molecule has 6 nitrogen and oxygen atoms in total. The number of likely N-dealkylation sites (N-methyl/N-ethyl adjacent to an activating group) is 1. The minimum atomic E-state index is -0.0218. The Bertz CT molecular complexity index is 323. The van der Waals surface area contributed by atoms with Crippen molar-refractivity contribution >= 4 is 11.9 Å². The third-order valence-corrected chi connectivity index (χ3v) is 3.42. The SMILES string of the molecule is CC(C)NC(=O)N1CCC(C(=O)NCCN(C)C)CC1. The van der Waals surface area contributed by atoms with E-state index in [4.69, 9.17) is 0 Å². The first-order chi connectivity index (χ1) is 9.40. The minimum Gasteiger partial charge on any atom is -0.355 e. The minimum absolute atomic E-state index is 0.0218. The fraction of sp³-hybridized carbons (Fsp3) is 0.857. The molecule has 0 atom stereocenters. The number of amides is 3. The second-order valence-corrected chi connectivity index (χ2v) is 5.96. The Morgan fingerprint density at radius 2 is 1.85 bits per heavy atom. The molecule has 20 heavy (non-hydrogen) atoms. The number of carbonyl (C=O) groups is 2. The third kappa shape index (κ3) is 5.77. The van der Waals surface area contributed by atoms with Crippen molar-refractivity contribution in [3.05, 3.63) is 0 Å². The number of likely N-dealkylation sites (tertiary alicyclic amines) is 1. The van der Waals surface area contributed by atoms with Crippen LogP contribution in [-0.4, -0.2) is 68.1 Å². The number of hydrogen-bond acceptors (Lipinski definition) is 3. The van der Waals surface area contributed by atoms with Crippen molar-refractivity contribution in [1.82, 2.24) is 20.4 Å². The van der Waals surface area contributed by atoms with Crippen molar-refractivity contribution in [3.8, 4) is 0 Å². The lowest BCUT2D eigenvalue weighted by Gasteiger charge is -2.32. The van der Waals surface area contributed by atoms with E-state index in [-0.39, 0.29) is 23.9 Å². The van der Waals surface area contributed by atoms with E-state index >= 15 is 0 Å². The first kappa shape index (κ1) is 16.8. The Kier molecular flexibility index (Phi) is 6.78. The van der Waals surface area contributed by atoms with E-state index in [0.29, 0.717) is 19.6 Å². The van der Waals surface area contributed by atoms with Crippen LogP contribution in [-0.2, 0) is 4.79 Å². The van der Waals surface area contributed by atoms with Crippen molar-refractivity contribution in [2.45, 2.75) is 32.7 Å². The van der Waals surface area contributed by atoms with Crippen LogP contribution in [0.3, 0.4) is 0 Å². The molecule has 0 spiro atoms. The van der Waals surface area contributed by atoms with E-state index in [9.17, 15) is 9.59 Å². The summed E-state index contributed by atoms with van der Waals surface area (Å²) in [6.45, 7) is 6.74. The standard InChI is InChI=1S/C14H28N4O2/c1-11(2)16-14(20)18-8-5-12(6-9-18)13(19)15-7-10-17(3)4/h11-12H,5-10H2,1-4H3,(H,15,19)(H,16,20). The van der Waals surface area contributed by atoms with Crippen LogP contribution in [0.5, 0.6) is 0 Å². The van der Waals surface area contributed by atoms with Crippen molar-refractivity contribution in [3.63, 3.8) is 0 Å². The van der Waals surface area contributed by atoms with Gasteiger partial charge in [0, 0.05) is 38.1 Å². The molecule has 0 aromatic rings. The lowest BCUT2D eigenvalue weighted by Crippen LogP contribution is -2.48. The zero-order chi connectivity index (χ0) is 15.1. The van der Waals surface area contributed by atoms with Gasteiger partial charge in [0.05, 0.1) is 0 Å². The summed E-state index contributed by atoms with van der Waals surface area (Å²) in [5.41, 5.74) is 0. The zero-order valence-electron chi connectivity index (χ0n) is 13.1. The number of piperidine rings is 1. The van der Waals surface area contributed by atoms with Gasteiger partial charge in [-0.15, -0.1) is 0 Å². The van der Waals surface area contributed by atoms with E-state index in [1.54, 1.807) is 4.90 Å². The van der Waals surface area contributed by atoms with E-state index < -0.39 is 0 Å². The molecule has 0 unspecified atom stereocenters. The molecule has 0 aromatic carbocycles. The van der Waals surface area contributed by atoms with Crippen LogP contribution in [0.2, 0.25) is 0 Å². The van der Waals surface area contributed by atoms with Gasteiger partial charge in [0.1, 0.15) is 0 Å². The summed E-state index contributed by atoms with van der Waals surface area (Å²) in [6.07, 6.45) is 1.50. The number of nitrogens with one attached hydrogen (secondary N) is 2. The summed E-state index contributed by atoms with van der Waals surface area (Å²) in [7, 11) is 3.97. The Balaban J connectivity index is 2.27. The topological polar surface area (TPSA) is 64.7 Å². The highest BCUT2D eigenvalue weighted by Gasteiger charge is 2.27. The molecule has 0 bridgehead atoms. The van der Waals surface area contributed by atoms with Crippen LogP contribution in [0.4, 0.5) is 4.79 Å². The van der Waals surface area contributed by atoms with Crippen LogP contribution in [0, 0.1) is 5.92 Å². The maximum absolute atomic E-state index is 12.0. The maximum Gasteiger partial charge on any atom is 0.317 e. The smallest absolute Gasteiger partial charge is 0.317 e. The molecule has 0 radical (unpaired) electrons. The molecule has 1 heterocycles. The zero-order valence-corrected chi connectivity index (χ0v) is 13.1. The van der Waals surface area contributed by atoms with Gasteiger partial charge in [0.25, 0.3) is 0 Å². The number of carbonyl (C=O) groups excluding carboxylic acids is 2. The molecular weight excluding hydrogens is 256 g/mol. The van der Waals surface area contributed by atoms with Gasteiger partial charge < -0.3 is 20.4 Å². The summed E-state index contributed by atoms with van der Waals surface area (Å²) in [4.78, 5) is 27.7. The Hall–Kier alpha value is -1.30. The predicted molar refractivity (Wildman–Crippen MR) is 79.5 cm³/mol. The molecule has 1 rings (SSSR count). The van der Waals surface area contributed by atoms with E-state index in [2.05, 4.69) is 10.6 Å². The van der Waals surface area contributed by atoms with E-state index in [0.717, 1.165) is 19.4 Å². The fourth-order valence-electron chi connectivity index (χ4n) is 2.23. The first-order valence-electron chi connectivity index (χ1n) is 7.38. The van der Waals surface area contributed by atoms with Crippen molar-refractivity contribution in [2.75, 3.05) is 40.3 Å². The van der Waals surface area contributed by atoms with Gasteiger partial charge in [-0.05, 0) is 40.8 Å². The van der Waals surface area contributed by atoms with Gasteiger partial charge in [-0.1, -0.05) is 0 Å². The molecular formula is C14H28N4O2. The average Bonchev–Trinajstić information content (AvgIpc) is 2.37. The Morgan fingerprint density at radius 1 is 1.25 bits per heavy atom. The Labute approximate surface area is 121 Å². The Morgan fingerprint density at radius 3 is 2.35 bits per heavy atom. The van der Waals surface area contributed by atoms with Gasteiger partial charge >= 0.3 is 6.03 Å². The molecule has 1 saturated heterocycles. The average molecular weight is 284 g/mol. The van der Waals surface area contributed by atoms with Crippen LogP contribution >= 0.6 is 0 Å². The highest BCUT2D eigenvalue weighted by Crippen LogP contribution is 2.17. The van der Waals surface area contributed by atoms with Gasteiger partial charge in [0.2, 0.25) is 5.91 Å². The summed E-state index contributed by atoms with van der Waals surface area (Å²) < 4.78 is 0. The summed E-state index contributed by atoms with van der Waals surface area (Å²) in [5.74, 6) is 0.163. The summed E-state index contributed by atoms with van der Waals surface area (Å²) in [6, 6.07) is 0.126. The highest BCUT2D eigenvalue weighted by molar-refractivity contribution is 5.79.